The molecular formula is C10H9FN2S2. The second-order valence-electron chi connectivity index (χ2n) is 2.88. The van der Waals surface area contributed by atoms with Gasteiger partial charge in [-0.2, -0.15) is 0 Å². The molecular weight excluding hydrogens is 231 g/mol. The summed E-state index contributed by atoms with van der Waals surface area (Å²) in [4.78, 5) is 5.65. The van der Waals surface area contributed by atoms with E-state index in [-0.39, 0.29) is 5.82 Å². The van der Waals surface area contributed by atoms with E-state index in [4.69, 9.17) is 5.73 Å². The maximum atomic E-state index is 13.2. The van der Waals surface area contributed by atoms with E-state index in [0.29, 0.717) is 15.8 Å². The Bertz CT molecular complexity index is 456. The van der Waals surface area contributed by atoms with Crippen molar-refractivity contribution in [3.63, 3.8) is 0 Å². The molecule has 0 atom stereocenters. The Balaban J connectivity index is 2.02. The van der Waals surface area contributed by atoms with E-state index >= 15 is 0 Å². The molecule has 2 N–H and O–H groups in total. The van der Waals surface area contributed by atoms with Crippen molar-refractivity contribution in [1.29, 1.82) is 0 Å². The van der Waals surface area contributed by atoms with Crippen LogP contribution >= 0.6 is 23.1 Å². The van der Waals surface area contributed by atoms with Gasteiger partial charge in [0.15, 0.2) is 5.13 Å². The molecule has 0 bridgehead atoms. The Hall–Kier alpha value is -1.07. The first-order valence-electron chi connectivity index (χ1n) is 4.33. The van der Waals surface area contributed by atoms with Crippen molar-refractivity contribution in [2.45, 2.75) is 10.6 Å². The zero-order chi connectivity index (χ0) is 10.7. The third-order valence-corrected chi connectivity index (χ3v) is 3.88. The molecule has 5 heteroatoms. The molecule has 2 nitrogen and oxygen atoms in total. The number of benzene rings is 1. The summed E-state index contributed by atoms with van der Waals surface area (Å²) in [5.41, 5.74) is 5.50. The van der Waals surface area contributed by atoms with Crippen LogP contribution in [0.4, 0.5) is 9.52 Å². The number of hydrogen-bond donors (Lipinski definition) is 1. The predicted molar refractivity (Wildman–Crippen MR) is 62.5 cm³/mol. The van der Waals surface area contributed by atoms with Gasteiger partial charge < -0.3 is 5.73 Å². The van der Waals surface area contributed by atoms with Gasteiger partial charge in [0.05, 0.1) is 0 Å². The van der Waals surface area contributed by atoms with Crippen LogP contribution in [-0.2, 0) is 5.75 Å². The lowest BCUT2D eigenvalue weighted by Crippen LogP contribution is -1.80. The topological polar surface area (TPSA) is 38.9 Å². The zero-order valence-corrected chi connectivity index (χ0v) is 9.45. The van der Waals surface area contributed by atoms with Gasteiger partial charge in [0.25, 0.3) is 0 Å². The van der Waals surface area contributed by atoms with Gasteiger partial charge in [-0.05, 0) is 12.1 Å². The number of rotatable bonds is 3. The summed E-state index contributed by atoms with van der Waals surface area (Å²) in [6, 6.07) is 6.74. The van der Waals surface area contributed by atoms with Gasteiger partial charge in [0, 0.05) is 21.7 Å². The van der Waals surface area contributed by atoms with Crippen LogP contribution in [0.3, 0.4) is 0 Å². The third kappa shape index (κ3) is 2.70. The fraction of sp³-hybridized carbons (Fsp3) is 0.100. The van der Waals surface area contributed by atoms with E-state index < -0.39 is 0 Å². The number of aromatic nitrogens is 1. The van der Waals surface area contributed by atoms with Gasteiger partial charge in [0.1, 0.15) is 5.82 Å². The van der Waals surface area contributed by atoms with Crippen molar-refractivity contribution in [1.82, 2.24) is 4.98 Å². The average Bonchev–Trinajstić information content (AvgIpc) is 2.63. The second-order valence-corrected chi connectivity index (χ2v) is 5.05. The molecule has 0 aliphatic carbocycles. The molecule has 0 saturated heterocycles. The summed E-state index contributed by atoms with van der Waals surface area (Å²) in [5, 5.41) is 0.555. The normalized spacial score (nSPS) is 10.5. The van der Waals surface area contributed by atoms with Crippen LogP contribution < -0.4 is 5.73 Å². The molecule has 0 aliphatic heterocycles. The first-order valence-corrected chi connectivity index (χ1v) is 6.13. The van der Waals surface area contributed by atoms with Crippen molar-refractivity contribution in [2.75, 3.05) is 5.73 Å². The Morgan fingerprint density at radius 3 is 2.87 bits per heavy atom. The summed E-state index contributed by atoms with van der Waals surface area (Å²) in [6.45, 7) is 0. The Morgan fingerprint density at radius 2 is 2.20 bits per heavy atom. The number of nitrogen functional groups attached to an aromatic ring is 1. The van der Waals surface area contributed by atoms with E-state index in [1.54, 1.807) is 18.3 Å². The van der Waals surface area contributed by atoms with Crippen LogP contribution in [0.1, 0.15) is 4.88 Å². The molecule has 0 saturated carbocycles. The van der Waals surface area contributed by atoms with E-state index in [1.165, 1.54) is 29.2 Å². The standard InChI is InChI=1S/C10H9FN2S2/c11-8-3-1-2-4-9(8)14-6-7-5-13-10(12)15-7/h1-5H,6H2,(H2,12,13). The fourth-order valence-electron chi connectivity index (χ4n) is 1.10. The minimum atomic E-state index is -0.181. The van der Waals surface area contributed by atoms with Gasteiger partial charge in [-0.3, -0.25) is 0 Å². The van der Waals surface area contributed by atoms with Gasteiger partial charge in [0.2, 0.25) is 0 Å². The van der Waals surface area contributed by atoms with Crippen LogP contribution in [0.5, 0.6) is 0 Å². The molecule has 0 spiro atoms. The first-order chi connectivity index (χ1) is 7.25. The lowest BCUT2D eigenvalue weighted by atomic mass is 10.3. The molecule has 1 heterocycles. The van der Waals surface area contributed by atoms with Crippen LogP contribution in [0.25, 0.3) is 0 Å². The highest BCUT2D eigenvalue weighted by Crippen LogP contribution is 2.27. The molecule has 1 aromatic carbocycles. The molecule has 0 fully saturated rings. The molecule has 0 amide bonds. The van der Waals surface area contributed by atoms with Crippen LogP contribution in [0, 0.1) is 5.82 Å². The van der Waals surface area contributed by atoms with Crippen molar-refractivity contribution in [3.05, 3.63) is 41.2 Å². The Kier molecular flexibility index (Phi) is 3.23. The minimum Gasteiger partial charge on any atom is -0.375 e. The van der Waals surface area contributed by atoms with Crippen molar-refractivity contribution in [2.24, 2.45) is 0 Å². The highest BCUT2D eigenvalue weighted by molar-refractivity contribution is 7.98. The number of hydrogen-bond acceptors (Lipinski definition) is 4. The van der Waals surface area contributed by atoms with Crippen molar-refractivity contribution >= 4 is 28.2 Å². The monoisotopic (exact) mass is 240 g/mol. The third-order valence-electron chi connectivity index (χ3n) is 1.78. The summed E-state index contributed by atoms with van der Waals surface area (Å²) in [5.74, 6) is 0.524. The molecule has 0 unspecified atom stereocenters. The van der Waals surface area contributed by atoms with Crippen LogP contribution in [0.2, 0.25) is 0 Å². The minimum absolute atomic E-state index is 0.181. The lowest BCUT2D eigenvalue weighted by molar-refractivity contribution is 0.602. The first kappa shape index (κ1) is 10.4. The van der Waals surface area contributed by atoms with E-state index in [0.717, 1.165) is 4.88 Å². The molecule has 0 radical (unpaired) electrons. The number of nitrogens with zero attached hydrogens (tertiary/aromatic N) is 1. The maximum absolute atomic E-state index is 13.2. The highest BCUT2D eigenvalue weighted by Gasteiger charge is 2.03. The summed E-state index contributed by atoms with van der Waals surface area (Å²) >= 11 is 2.89. The predicted octanol–water partition coefficient (Wildman–Crippen LogP) is 3.16. The van der Waals surface area contributed by atoms with Gasteiger partial charge >= 0.3 is 0 Å². The maximum Gasteiger partial charge on any atom is 0.180 e. The highest BCUT2D eigenvalue weighted by atomic mass is 32.2. The summed E-state index contributed by atoms with van der Waals surface area (Å²) in [7, 11) is 0. The van der Waals surface area contributed by atoms with Crippen LogP contribution in [-0.4, -0.2) is 4.98 Å². The van der Waals surface area contributed by atoms with Crippen molar-refractivity contribution < 1.29 is 4.39 Å². The number of anilines is 1. The number of thiazole rings is 1. The number of halogens is 1. The number of thioether (sulfide) groups is 1. The van der Waals surface area contributed by atoms with Gasteiger partial charge in [-0.25, -0.2) is 9.37 Å². The fourth-order valence-corrected chi connectivity index (χ4v) is 2.74. The molecule has 78 valence electrons. The summed E-state index contributed by atoms with van der Waals surface area (Å²) in [6.07, 6.45) is 1.73. The molecule has 1 aromatic heterocycles. The second kappa shape index (κ2) is 4.63. The number of nitrogens with two attached hydrogens (primary N) is 1. The SMILES string of the molecule is Nc1ncc(CSc2ccccc2F)s1. The quantitative estimate of drug-likeness (QED) is 0.838. The van der Waals surface area contributed by atoms with Crippen LogP contribution in [0.15, 0.2) is 35.4 Å². The smallest absolute Gasteiger partial charge is 0.180 e. The Labute approximate surface area is 95.3 Å². The average molecular weight is 240 g/mol. The van der Waals surface area contributed by atoms with Crippen molar-refractivity contribution in [3.8, 4) is 0 Å². The lowest BCUT2D eigenvalue weighted by Gasteiger charge is -2.00. The van der Waals surface area contributed by atoms with Gasteiger partial charge in [-0.1, -0.05) is 12.1 Å². The summed E-state index contributed by atoms with van der Waals surface area (Å²) < 4.78 is 13.2. The molecule has 15 heavy (non-hydrogen) atoms. The zero-order valence-electron chi connectivity index (χ0n) is 7.81. The molecule has 0 aliphatic rings. The van der Waals surface area contributed by atoms with E-state index in [1.807, 2.05) is 6.07 Å². The molecule has 2 aromatic rings. The molecule has 2 rings (SSSR count). The van der Waals surface area contributed by atoms with Gasteiger partial charge in [-0.15, -0.1) is 23.1 Å². The van der Waals surface area contributed by atoms with E-state index in [9.17, 15) is 4.39 Å². The Morgan fingerprint density at radius 1 is 1.40 bits per heavy atom. The largest absolute Gasteiger partial charge is 0.375 e. The van der Waals surface area contributed by atoms with E-state index in [2.05, 4.69) is 4.98 Å².